The number of rotatable bonds is 9. The van der Waals surface area contributed by atoms with E-state index in [2.05, 4.69) is 53.5 Å². The predicted molar refractivity (Wildman–Crippen MR) is 86.5 cm³/mol. The van der Waals surface area contributed by atoms with Crippen molar-refractivity contribution in [1.29, 1.82) is 0 Å². The second-order valence-corrected chi connectivity index (χ2v) is 6.73. The smallest absolute Gasteiger partial charge is 0.0314 e. The van der Waals surface area contributed by atoms with Crippen LogP contribution in [0.25, 0.3) is 0 Å². The number of halogens is 1. The lowest BCUT2D eigenvalue weighted by molar-refractivity contribution is 0.320. The molecule has 2 unspecified atom stereocenters. The van der Waals surface area contributed by atoms with Crippen LogP contribution in [0.15, 0.2) is 15.9 Å². The Labute approximate surface area is 125 Å². The van der Waals surface area contributed by atoms with Crippen LogP contribution in [0.4, 0.5) is 0 Å². The Balaban J connectivity index is 2.64. The molecule has 0 saturated heterocycles. The molecule has 0 aliphatic rings. The van der Waals surface area contributed by atoms with E-state index in [0.29, 0.717) is 6.04 Å². The third kappa shape index (κ3) is 5.02. The van der Waals surface area contributed by atoms with Gasteiger partial charge in [0.25, 0.3) is 0 Å². The highest BCUT2D eigenvalue weighted by Gasteiger charge is 2.20. The molecule has 0 aliphatic heterocycles. The molecule has 0 radical (unpaired) electrons. The van der Waals surface area contributed by atoms with Gasteiger partial charge in [-0.1, -0.05) is 40.0 Å². The molecule has 0 saturated carbocycles. The summed E-state index contributed by atoms with van der Waals surface area (Å²) in [6.45, 7) is 7.89. The SMILES string of the molecule is CCCCC(CC)C(Cc1sccc1Br)NCC. The Morgan fingerprint density at radius 2 is 2.11 bits per heavy atom. The standard InChI is InChI=1S/C15H26BrNS/c1-4-7-8-12(5-2)14(17-6-3)11-15-13(16)9-10-18-15/h9-10,12,14,17H,4-8,11H2,1-3H3. The first-order valence-electron chi connectivity index (χ1n) is 7.18. The number of nitrogens with one attached hydrogen (secondary N) is 1. The summed E-state index contributed by atoms with van der Waals surface area (Å²) in [6.07, 6.45) is 6.45. The average Bonchev–Trinajstić information content (AvgIpc) is 2.76. The lowest BCUT2D eigenvalue weighted by Gasteiger charge is -2.27. The van der Waals surface area contributed by atoms with Gasteiger partial charge >= 0.3 is 0 Å². The van der Waals surface area contributed by atoms with E-state index in [9.17, 15) is 0 Å². The van der Waals surface area contributed by atoms with Crippen LogP contribution in [0.2, 0.25) is 0 Å². The van der Waals surface area contributed by atoms with Crippen LogP contribution < -0.4 is 5.32 Å². The summed E-state index contributed by atoms with van der Waals surface area (Å²) in [4.78, 5) is 1.48. The molecule has 104 valence electrons. The summed E-state index contributed by atoms with van der Waals surface area (Å²) >= 11 is 5.52. The van der Waals surface area contributed by atoms with E-state index in [1.165, 1.54) is 35.0 Å². The van der Waals surface area contributed by atoms with E-state index >= 15 is 0 Å². The van der Waals surface area contributed by atoms with Crippen LogP contribution >= 0.6 is 27.3 Å². The van der Waals surface area contributed by atoms with Crippen molar-refractivity contribution in [2.24, 2.45) is 5.92 Å². The third-order valence-electron chi connectivity index (χ3n) is 3.58. The molecule has 18 heavy (non-hydrogen) atoms. The Morgan fingerprint density at radius 3 is 2.61 bits per heavy atom. The molecule has 3 heteroatoms. The molecule has 2 atom stereocenters. The summed E-state index contributed by atoms with van der Waals surface area (Å²) < 4.78 is 1.28. The zero-order valence-corrected chi connectivity index (χ0v) is 14.2. The first kappa shape index (κ1) is 16.2. The van der Waals surface area contributed by atoms with Gasteiger partial charge in [-0.05, 0) is 52.7 Å². The lowest BCUT2D eigenvalue weighted by atomic mass is 9.89. The van der Waals surface area contributed by atoms with Crippen LogP contribution in [0, 0.1) is 5.92 Å². The summed E-state index contributed by atoms with van der Waals surface area (Å²) in [6, 6.07) is 2.79. The van der Waals surface area contributed by atoms with Crippen molar-refractivity contribution < 1.29 is 0 Å². The van der Waals surface area contributed by atoms with E-state index in [4.69, 9.17) is 0 Å². The van der Waals surface area contributed by atoms with E-state index in [-0.39, 0.29) is 0 Å². The fraction of sp³-hybridized carbons (Fsp3) is 0.733. The topological polar surface area (TPSA) is 12.0 Å². The third-order valence-corrected chi connectivity index (χ3v) is 5.53. The predicted octanol–water partition coefficient (Wildman–Crippen LogP) is 5.25. The largest absolute Gasteiger partial charge is 0.314 e. The fourth-order valence-corrected chi connectivity index (χ4v) is 4.07. The van der Waals surface area contributed by atoms with Crippen molar-refractivity contribution >= 4 is 27.3 Å². The maximum absolute atomic E-state index is 3.69. The number of likely N-dealkylation sites (N-methyl/N-ethyl adjacent to an activating group) is 1. The Bertz CT molecular complexity index is 324. The van der Waals surface area contributed by atoms with Crippen LogP contribution in [0.1, 0.15) is 51.3 Å². The molecule has 1 N–H and O–H groups in total. The van der Waals surface area contributed by atoms with Crippen molar-refractivity contribution in [3.63, 3.8) is 0 Å². The summed E-state index contributed by atoms with van der Waals surface area (Å²) in [5.41, 5.74) is 0. The number of thiophene rings is 1. The minimum atomic E-state index is 0.626. The minimum absolute atomic E-state index is 0.626. The molecule has 1 aromatic heterocycles. The highest BCUT2D eigenvalue weighted by Crippen LogP contribution is 2.27. The first-order valence-corrected chi connectivity index (χ1v) is 8.85. The molecule has 0 amide bonds. The molecular formula is C15H26BrNS. The zero-order valence-electron chi connectivity index (χ0n) is 11.8. The van der Waals surface area contributed by atoms with E-state index in [0.717, 1.165) is 18.9 Å². The van der Waals surface area contributed by atoms with Gasteiger partial charge in [0, 0.05) is 15.4 Å². The highest BCUT2D eigenvalue weighted by atomic mass is 79.9. The van der Waals surface area contributed by atoms with Gasteiger partial charge in [-0.2, -0.15) is 0 Å². The van der Waals surface area contributed by atoms with Gasteiger partial charge < -0.3 is 5.32 Å². The van der Waals surface area contributed by atoms with Gasteiger partial charge in [0.05, 0.1) is 0 Å². The number of hydrogen-bond acceptors (Lipinski definition) is 2. The summed E-state index contributed by atoms with van der Waals surface area (Å²) in [5, 5.41) is 5.87. The summed E-state index contributed by atoms with van der Waals surface area (Å²) in [7, 11) is 0. The van der Waals surface area contributed by atoms with Crippen LogP contribution in [0.3, 0.4) is 0 Å². The fourth-order valence-electron chi connectivity index (χ4n) is 2.49. The Hall–Kier alpha value is 0.140. The van der Waals surface area contributed by atoms with E-state index in [1.807, 2.05) is 11.3 Å². The van der Waals surface area contributed by atoms with Gasteiger partial charge in [-0.15, -0.1) is 11.3 Å². The van der Waals surface area contributed by atoms with Gasteiger partial charge in [-0.3, -0.25) is 0 Å². The molecule has 1 aromatic rings. The van der Waals surface area contributed by atoms with E-state index in [1.54, 1.807) is 0 Å². The summed E-state index contributed by atoms with van der Waals surface area (Å²) in [5.74, 6) is 0.805. The van der Waals surface area contributed by atoms with Gasteiger partial charge in [-0.25, -0.2) is 0 Å². The Kier molecular flexibility index (Phi) is 8.20. The zero-order chi connectivity index (χ0) is 13.4. The molecule has 1 rings (SSSR count). The molecule has 0 bridgehead atoms. The maximum Gasteiger partial charge on any atom is 0.0314 e. The Morgan fingerprint density at radius 1 is 1.33 bits per heavy atom. The molecular weight excluding hydrogens is 306 g/mol. The highest BCUT2D eigenvalue weighted by molar-refractivity contribution is 9.10. The molecule has 0 aromatic carbocycles. The van der Waals surface area contributed by atoms with Crippen molar-refractivity contribution in [2.45, 2.75) is 58.9 Å². The monoisotopic (exact) mass is 331 g/mol. The second kappa shape index (κ2) is 9.11. The molecule has 1 heterocycles. The number of unbranched alkanes of at least 4 members (excludes halogenated alkanes) is 1. The molecule has 0 aliphatic carbocycles. The van der Waals surface area contributed by atoms with Gasteiger partial charge in [0.15, 0.2) is 0 Å². The minimum Gasteiger partial charge on any atom is -0.314 e. The molecule has 0 fully saturated rings. The average molecular weight is 332 g/mol. The normalized spacial score (nSPS) is 14.7. The van der Waals surface area contributed by atoms with Crippen LogP contribution in [-0.2, 0) is 6.42 Å². The van der Waals surface area contributed by atoms with Crippen molar-refractivity contribution in [1.82, 2.24) is 5.32 Å². The van der Waals surface area contributed by atoms with Crippen molar-refractivity contribution in [2.75, 3.05) is 6.54 Å². The van der Waals surface area contributed by atoms with Crippen LogP contribution in [0.5, 0.6) is 0 Å². The number of hydrogen-bond donors (Lipinski definition) is 1. The molecule has 0 spiro atoms. The van der Waals surface area contributed by atoms with E-state index < -0.39 is 0 Å². The lowest BCUT2D eigenvalue weighted by Crippen LogP contribution is -2.37. The first-order chi connectivity index (χ1) is 8.72. The van der Waals surface area contributed by atoms with Gasteiger partial charge in [0.2, 0.25) is 0 Å². The van der Waals surface area contributed by atoms with Gasteiger partial charge in [0.1, 0.15) is 0 Å². The van der Waals surface area contributed by atoms with Crippen molar-refractivity contribution in [3.05, 3.63) is 20.8 Å². The quantitative estimate of drug-likeness (QED) is 0.651. The maximum atomic E-state index is 3.69. The van der Waals surface area contributed by atoms with Crippen molar-refractivity contribution in [3.8, 4) is 0 Å². The second-order valence-electron chi connectivity index (χ2n) is 4.87. The van der Waals surface area contributed by atoms with Crippen LogP contribution in [-0.4, -0.2) is 12.6 Å². The molecule has 1 nitrogen and oxygen atoms in total.